The number of hydrogen-bond donors (Lipinski definition) is 1. The van der Waals surface area contributed by atoms with Crippen LogP contribution in [0.5, 0.6) is 11.6 Å². The van der Waals surface area contributed by atoms with E-state index >= 15 is 0 Å². The Morgan fingerprint density at radius 1 is 1.25 bits per heavy atom. The lowest BCUT2D eigenvalue weighted by atomic mass is 10.2. The normalized spacial score (nSPS) is 10.9. The zero-order chi connectivity index (χ0) is 14.1. The highest BCUT2D eigenvalue weighted by atomic mass is 16.5. The number of rotatable bonds is 3. The Bertz CT molecular complexity index is 745. The Balaban J connectivity index is 2.01. The van der Waals surface area contributed by atoms with Gasteiger partial charge in [0.1, 0.15) is 5.75 Å². The molecule has 20 heavy (non-hydrogen) atoms. The van der Waals surface area contributed by atoms with E-state index < -0.39 is 0 Å². The number of aryl methyl sites for hydroxylation is 1. The number of aromatic hydroxyl groups is 1. The van der Waals surface area contributed by atoms with Crippen LogP contribution in [0.3, 0.4) is 0 Å². The maximum absolute atomic E-state index is 9.90. The van der Waals surface area contributed by atoms with Crippen molar-refractivity contribution in [1.29, 1.82) is 0 Å². The first-order valence-corrected chi connectivity index (χ1v) is 6.46. The third-order valence-electron chi connectivity index (χ3n) is 3.48. The van der Waals surface area contributed by atoms with Gasteiger partial charge in [0, 0.05) is 29.9 Å². The molecule has 0 unspecified atom stereocenters. The summed E-state index contributed by atoms with van der Waals surface area (Å²) < 4.78 is 7.23. The highest BCUT2D eigenvalue weighted by molar-refractivity contribution is 5.87. The van der Waals surface area contributed by atoms with E-state index in [1.807, 2.05) is 43.5 Å². The molecule has 0 aliphatic heterocycles. The maximum atomic E-state index is 9.90. The van der Waals surface area contributed by atoms with Crippen LogP contribution >= 0.6 is 0 Å². The molecule has 2 heterocycles. The molecule has 0 bridgehead atoms. The van der Waals surface area contributed by atoms with E-state index in [1.54, 1.807) is 13.2 Å². The predicted molar refractivity (Wildman–Crippen MR) is 78.2 cm³/mol. The molecule has 1 N–H and O–H groups in total. The van der Waals surface area contributed by atoms with Gasteiger partial charge in [0.05, 0.1) is 12.6 Å². The number of aromatic nitrogens is 2. The first-order valence-electron chi connectivity index (χ1n) is 6.46. The van der Waals surface area contributed by atoms with Crippen LogP contribution in [0.4, 0.5) is 0 Å². The molecule has 0 saturated carbocycles. The number of phenols is 1. The van der Waals surface area contributed by atoms with Crippen molar-refractivity contribution in [3.63, 3.8) is 0 Å². The molecule has 0 atom stereocenters. The van der Waals surface area contributed by atoms with Crippen LogP contribution in [0.25, 0.3) is 10.9 Å². The number of nitrogens with zero attached hydrogens (tertiary/aromatic N) is 2. The molecule has 2 aromatic heterocycles. The van der Waals surface area contributed by atoms with Crippen molar-refractivity contribution in [2.24, 2.45) is 0 Å². The molecule has 3 rings (SSSR count). The van der Waals surface area contributed by atoms with Crippen molar-refractivity contribution in [2.45, 2.75) is 13.5 Å². The topological polar surface area (TPSA) is 47.3 Å². The molecule has 0 spiro atoms. The Morgan fingerprint density at radius 3 is 2.80 bits per heavy atom. The molecule has 0 aliphatic carbocycles. The number of benzene rings is 1. The molecular weight excluding hydrogens is 252 g/mol. The number of fused-ring (bicyclic) bond motifs is 1. The van der Waals surface area contributed by atoms with Gasteiger partial charge in [0.2, 0.25) is 5.88 Å². The second-order valence-corrected chi connectivity index (χ2v) is 4.79. The summed E-state index contributed by atoms with van der Waals surface area (Å²) in [6.45, 7) is 2.76. The summed E-state index contributed by atoms with van der Waals surface area (Å²) in [6.07, 6.45) is 1.81. The second kappa shape index (κ2) is 4.89. The summed E-state index contributed by atoms with van der Waals surface area (Å²) in [5, 5.41) is 10.8. The van der Waals surface area contributed by atoms with Crippen molar-refractivity contribution in [1.82, 2.24) is 9.55 Å². The molecule has 0 saturated heterocycles. The van der Waals surface area contributed by atoms with Gasteiger partial charge < -0.3 is 14.4 Å². The first-order chi connectivity index (χ1) is 9.69. The van der Waals surface area contributed by atoms with Gasteiger partial charge >= 0.3 is 0 Å². The maximum Gasteiger partial charge on any atom is 0.212 e. The van der Waals surface area contributed by atoms with Crippen molar-refractivity contribution in [3.05, 3.63) is 53.9 Å². The summed E-state index contributed by atoms with van der Waals surface area (Å²) >= 11 is 0. The summed E-state index contributed by atoms with van der Waals surface area (Å²) in [5.41, 5.74) is 3.23. The highest BCUT2D eigenvalue weighted by Crippen LogP contribution is 2.28. The van der Waals surface area contributed by atoms with E-state index in [2.05, 4.69) is 9.55 Å². The first kappa shape index (κ1) is 12.5. The van der Waals surface area contributed by atoms with Crippen LogP contribution < -0.4 is 4.74 Å². The largest absolute Gasteiger partial charge is 0.507 e. The van der Waals surface area contributed by atoms with Crippen molar-refractivity contribution >= 4 is 10.9 Å². The summed E-state index contributed by atoms with van der Waals surface area (Å²) in [7, 11) is 1.61. The van der Waals surface area contributed by atoms with Crippen LogP contribution in [0.15, 0.2) is 42.6 Å². The fourth-order valence-corrected chi connectivity index (χ4v) is 2.42. The summed E-state index contributed by atoms with van der Waals surface area (Å²) in [6, 6.07) is 11.4. The molecule has 0 amide bonds. The SMILES string of the molecule is COc1ccc(Cn2c(C)cc3c(O)cccc32)cn1. The van der Waals surface area contributed by atoms with Gasteiger partial charge in [-0.25, -0.2) is 4.98 Å². The van der Waals surface area contributed by atoms with Gasteiger partial charge in [-0.05, 0) is 30.7 Å². The quantitative estimate of drug-likeness (QED) is 0.794. The van der Waals surface area contributed by atoms with E-state index in [4.69, 9.17) is 4.74 Å². The Kier molecular flexibility index (Phi) is 3.06. The zero-order valence-electron chi connectivity index (χ0n) is 11.5. The Hall–Kier alpha value is -2.49. The fraction of sp³-hybridized carbons (Fsp3) is 0.188. The number of methoxy groups -OCH3 is 1. The smallest absolute Gasteiger partial charge is 0.212 e. The lowest BCUT2D eigenvalue weighted by Gasteiger charge is -2.09. The van der Waals surface area contributed by atoms with Crippen molar-refractivity contribution in [2.75, 3.05) is 7.11 Å². The lowest BCUT2D eigenvalue weighted by Crippen LogP contribution is -2.02. The van der Waals surface area contributed by atoms with Gasteiger partial charge in [-0.2, -0.15) is 0 Å². The lowest BCUT2D eigenvalue weighted by molar-refractivity contribution is 0.397. The van der Waals surface area contributed by atoms with Crippen LogP contribution in [-0.4, -0.2) is 21.8 Å². The monoisotopic (exact) mass is 268 g/mol. The molecule has 0 radical (unpaired) electrons. The van der Waals surface area contributed by atoms with Gasteiger partial charge in [-0.3, -0.25) is 0 Å². The average Bonchev–Trinajstić information content (AvgIpc) is 2.78. The minimum atomic E-state index is 0.317. The predicted octanol–water partition coefficient (Wildman–Crippen LogP) is 3.11. The van der Waals surface area contributed by atoms with Gasteiger partial charge in [0.15, 0.2) is 0 Å². The summed E-state index contributed by atoms with van der Waals surface area (Å²) in [4.78, 5) is 4.22. The van der Waals surface area contributed by atoms with Gasteiger partial charge in [-0.15, -0.1) is 0 Å². The molecule has 4 nitrogen and oxygen atoms in total. The zero-order valence-corrected chi connectivity index (χ0v) is 11.5. The summed E-state index contributed by atoms with van der Waals surface area (Å²) in [5.74, 6) is 0.928. The molecule has 1 aromatic carbocycles. The van der Waals surface area contributed by atoms with Gasteiger partial charge in [-0.1, -0.05) is 12.1 Å². The average molecular weight is 268 g/mol. The molecule has 4 heteroatoms. The molecule has 0 aliphatic rings. The molecular formula is C16H16N2O2. The van der Waals surface area contributed by atoms with Crippen molar-refractivity contribution < 1.29 is 9.84 Å². The third kappa shape index (κ3) is 2.09. The highest BCUT2D eigenvalue weighted by Gasteiger charge is 2.09. The number of pyridine rings is 1. The van der Waals surface area contributed by atoms with E-state index in [0.29, 0.717) is 11.6 Å². The third-order valence-corrected chi connectivity index (χ3v) is 3.48. The molecule has 102 valence electrons. The Labute approximate surface area is 117 Å². The number of phenolic OH excluding ortho intramolecular Hbond substituents is 1. The fourth-order valence-electron chi connectivity index (χ4n) is 2.42. The minimum Gasteiger partial charge on any atom is -0.507 e. The molecule has 3 aromatic rings. The van der Waals surface area contributed by atoms with Gasteiger partial charge in [0.25, 0.3) is 0 Å². The van der Waals surface area contributed by atoms with E-state index in [-0.39, 0.29) is 0 Å². The standard InChI is InChI=1S/C16H16N2O2/c1-11-8-13-14(4-3-5-15(13)19)18(11)10-12-6-7-16(20-2)17-9-12/h3-9,19H,10H2,1-2H3. The second-order valence-electron chi connectivity index (χ2n) is 4.79. The van der Waals surface area contributed by atoms with E-state index in [9.17, 15) is 5.11 Å². The van der Waals surface area contributed by atoms with E-state index in [0.717, 1.165) is 28.7 Å². The van der Waals surface area contributed by atoms with Crippen LogP contribution in [0, 0.1) is 6.92 Å². The van der Waals surface area contributed by atoms with Crippen LogP contribution in [0.2, 0.25) is 0 Å². The molecule has 0 fully saturated rings. The Morgan fingerprint density at radius 2 is 2.10 bits per heavy atom. The number of hydrogen-bond acceptors (Lipinski definition) is 3. The number of ether oxygens (including phenoxy) is 1. The van der Waals surface area contributed by atoms with E-state index in [1.165, 1.54) is 0 Å². The van der Waals surface area contributed by atoms with Crippen LogP contribution in [0.1, 0.15) is 11.3 Å². The van der Waals surface area contributed by atoms with Crippen LogP contribution in [-0.2, 0) is 6.54 Å². The minimum absolute atomic E-state index is 0.317. The van der Waals surface area contributed by atoms with Crippen molar-refractivity contribution in [3.8, 4) is 11.6 Å².